The van der Waals surface area contributed by atoms with Gasteiger partial charge in [0.25, 0.3) is 10.0 Å². The van der Waals surface area contributed by atoms with Crippen molar-refractivity contribution in [1.29, 1.82) is 5.26 Å². The van der Waals surface area contributed by atoms with Crippen LogP contribution in [0.2, 0.25) is 0 Å². The van der Waals surface area contributed by atoms with Crippen LogP contribution in [0.5, 0.6) is 0 Å². The first-order valence-electron chi connectivity index (χ1n) is 8.90. The van der Waals surface area contributed by atoms with E-state index in [0.29, 0.717) is 11.5 Å². The number of aromatic amines is 1. The molecule has 0 unspecified atom stereocenters. The van der Waals surface area contributed by atoms with Gasteiger partial charge < -0.3 is 5.32 Å². The number of aromatic nitrogens is 6. The van der Waals surface area contributed by atoms with E-state index in [0.717, 1.165) is 5.69 Å². The predicted molar refractivity (Wildman–Crippen MR) is 112 cm³/mol. The van der Waals surface area contributed by atoms with Crippen LogP contribution in [0.1, 0.15) is 5.82 Å². The van der Waals surface area contributed by atoms with Crippen molar-refractivity contribution in [2.75, 3.05) is 10.0 Å². The number of H-pyrrole nitrogens is 1. The van der Waals surface area contributed by atoms with Gasteiger partial charge in [-0.3, -0.25) is 4.72 Å². The van der Waals surface area contributed by atoms with Gasteiger partial charge in [0.15, 0.2) is 0 Å². The van der Waals surface area contributed by atoms with E-state index in [4.69, 9.17) is 0 Å². The van der Waals surface area contributed by atoms with Crippen molar-refractivity contribution in [3.8, 4) is 11.8 Å². The first kappa shape index (κ1) is 19.8. The first-order valence-corrected chi connectivity index (χ1v) is 10.4. The van der Waals surface area contributed by atoms with Gasteiger partial charge in [-0.05, 0) is 41.6 Å². The third kappa shape index (κ3) is 4.41. The van der Waals surface area contributed by atoms with Gasteiger partial charge in [0.05, 0.1) is 16.8 Å². The molecule has 0 fully saturated rings. The quantitative estimate of drug-likeness (QED) is 0.375. The summed E-state index contributed by atoms with van der Waals surface area (Å²) >= 11 is 0. The molecule has 4 rings (SSSR count). The minimum Gasteiger partial charge on any atom is -0.360 e. The molecule has 0 aliphatic heterocycles. The molecule has 0 radical (unpaired) electrons. The van der Waals surface area contributed by atoms with Crippen molar-refractivity contribution in [3.63, 3.8) is 0 Å². The number of rotatable bonds is 7. The molecule has 0 atom stereocenters. The number of para-hydroxylation sites is 1. The molecule has 0 saturated heterocycles. The van der Waals surface area contributed by atoms with Gasteiger partial charge in [0.1, 0.15) is 17.5 Å². The van der Waals surface area contributed by atoms with E-state index < -0.39 is 10.0 Å². The number of anilines is 2. The summed E-state index contributed by atoms with van der Waals surface area (Å²) in [6.45, 7) is 0. The second-order valence-corrected chi connectivity index (χ2v) is 7.83. The lowest BCUT2D eigenvalue weighted by Crippen LogP contribution is -2.15. The standard InChI is InChI=1S/C19H15N9O2S/c20-12-14(19-23-26-27-24-19)13-21-15-6-8-17(9-7-15)31(29,30)25-18-10-11-22-28(18)16-4-2-1-3-5-16/h1-11,13,21,25H,(H,23,24,26,27). The van der Waals surface area contributed by atoms with Crippen LogP contribution < -0.4 is 10.0 Å². The fourth-order valence-corrected chi connectivity index (χ4v) is 3.70. The summed E-state index contributed by atoms with van der Waals surface area (Å²) in [5.74, 6) is 0.462. The smallest absolute Gasteiger partial charge is 0.263 e. The summed E-state index contributed by atoms with van der Waals surface area (Å²) in [6.07, 6.45) is 2.92. The molecule has 2 heterocycles. The van der Waals surface area contributed by atoms with Crippen LogP contribution >= 0.6 is 0 Å². The fraction of sp³-hybridized carbons (Fsp3) is 0. The molecule has 3 N–H and O–H groups in total. The monoisotopic (exact) mass is 433 g/mol. The number of nitrogens with one attached hydrogen (secondary N) is 3. The molecule has 0 spiro atoms. The normalized spacial score (nSPS) is 11.6. The Hall–Kier alpha value is -4.50. The molecule has 12 heteroatoms. The molecule has 11 nitrogen and oxygen atoms in total. The maximum Gasteiger partial charge on any atom is 0.263 e. The zero-order valence-electron chi connectivity index (χ0n) is 15.8. The lowest BCUT2D eigenvalue weighted by molar-refractivity contribution is 0.600. The average Bonchev–Trinajstić information content (AvgIpc) is 3.47. The molecule has 154 valence electrons. The fourth-order valence-electron chi connectivity index (χ4n) is 2.66. The Morgan fingerprint density at radius 3 is 2.55 bits per heavy atom. The Morgan fingerprint density at radius 1 is 1.10 bits per heavy atom. The van der Waals surface area contributed by atoms with E-state index in [1.165, 1.54) is 29.2 Å². The number of hydrogen-bond donors (Lipinski definition) is 3. The summed E-state index contributed by atoms with van der Waals surface area (Å²) in [5, 5.41) is 29.4. The van der Waals surface area contributed by atoms with Crippen LogP contribution in [0.4, 0.5) is 11.5 Å². The highest BCUT2D eigenvalue weighted by atomic mass is 32.2. The van der Waals surface area contributed by atoms with Crippen LogP contribution in [-0.4, -0.2) is 38.8 Å². The highest BCUT2D eigenvalue weighted by Gasteiger charge is 2.17. The van der Waals surface area contributed by atoms with Crippen molar-refractivity contribution >= 4 is 27.1 Å². The van der Waals surface area contributed by atoms with E-state index in [-0.39, 0.29) is 16.3 Å². The van der Waals surface area contributed by atoms with Crippen LogP contribution in [0, 0.1) is 11.3 Å². The van der Waals surface area contributed by atoms with Gasteiger partial charge in [-0.2, -0.15) is 15.6 Å². The van der Waals surface area contributed by atoms with Gasteiger partial charge in [-0.25, -0.2) is 13.1 Å². The zero-order valence-corrected chi connectivity index (χ0v) is 16.7. The van der Waals surface area contributed by atoms with Gasteiger partial charge in [-0.15, -0.1) is 10.2 Å². The second-order valence-electron chi connectivity index (χ2n) is 6.14. The highest BCUT2D eigenvalue weighted by Crippen LogP contribution is 2.21. The lowest BCUT2D eigenvalue weighted by atomic mass is 10.3. The van der Waals surface area contributed by atoms with E-state index >= 15 is 0 Å². The largest absolute Gasteiger partial charge is 0.360 e. The van der Waals surface area contributed by atoms with Crippen molar-refractivity contribution < 1.29 is 8.42 Å². The van der Waals surface area contributed by atoms with Crippen LogP contribution in [-0.2, 0) is 10.0 Å². The number of nitrogens with zero attached hydrogens (tertiary/aromatic N) is 6. The number of allylic oxidation sites excluding steroid dienone is 1. The summed E-state index contributed by atoms with van der Waals surface area (Å²) in [4.78, 5) is 0.0708. The van der Waals surface area contributed by atoms with E-state index in [1.807, 2.05) is 36.4 Å². The minimum atomic E-state index is -3.84. The Morgan fingerprint density at radius 2 is 1.87 bits per heavy atom. The zero-order chi connectivity index (χ0) is 21.7. The minimum absolute atomic E-state index is 0.0708. The van der Waals surface area contributed by atoms with Crippen LogP contribution in [0.25, 0.3) is 11.3 Å². The molecule has 0 saturated carbocycles. The third-order valence-corrected chi connectivity index (χ3v) is 5.51. The van der Waals surface area contributed by atoms with Gasteiger partial charge in [0.2, 0.25) is 5.82 Å². The molecular weight excluding hydrogens is 418 g/mol. The lowest BCUT2D eigenvalue weighted by Gasteiger charge is -2.11. The topological polar surface area (TPSA) is 154 Å². The average molecular weight is 433 g/mol. The molecule has 0 bridgehead atoms. The van der Waals surface area contributed by atoms with Crippen molar-refractivity contribution in [3.05, 3.63) is 78.9 Å². The van der Waals surface area contributed by atoms with Crippen molar-refractivity contribution in [2.45, 2.75) is 4.90 Å². The first-order chi connectivity index (χ1) is 15.1. The number of hydrogen-bond acceptors (Lipinski definition) is 8. The maximum atomic E-state index is 12.8. The van der Waals surface area contributed by atoms with E-state index in [1.54, 1.807) is 18.2 Å². The van der Waals surface area contributed by atoms with Gasteiger partial charge in [0, 0.05) is 18.0 Å². The molecule has 2 aromatic carbocycles. The van der Waals surface area contributed by atoms with Gasteiger partial charge in [-0.1, -0.05) is 18.2 Å². The molecule has 0 aliphatic rings. The van der Waals surface area contributed by atoms with E-state index in [2.05, 4.69) is 35.8 Å². The number of benzene rings is 2. The molecule has 31 heavy (non-hydrogen) atoms. The highest BCUT2D eigenvalue weighted by molar-refractivity contribution is 7.92. The number of nitriles is 1. The molecule has 0 amide bonds. The van der Waals surface area contributed by atoms with Crippen LogP contribution in [0.3, 0.4) is 0 Å². The SMILES string of the molecule is N#CC(=CNc1ccc(S(=O)(=O)Nc2ccnn2-c2ccccc2)cc1)c1nn[nH]n1. The van der Waals surface area contributed by atoms with Crippen molar-refractivity contribution in [1.82, 2.24) is 30.4 Å². The van der Waals surface area contributed by atoms with Crippen molar-refractivity contribution in [2.24, 2.45) is 0 Å². The summed E-state index contributed by atoms with van der Waals surface area (Å²) in [6, 6.07) is 18.8. The molecular formula is C19H15N9O2S. The second kappa shape index (κ2) is 8.47. The summed E-state index contributed by atoms with van der Waals surface area (Å²) < 4.78 is 29.7. The van der Waals surface area contributed by atoms with E-state index in [9.17, 15) is 13.7 Å². The molecule has 0 aliphatic carbocycles. The number of sulfonamides is 1. The third-order valence-electron chi connectivity index (χ3n) is 4.14. The maximum absolute atomic E-state index is 12.8. The Kier molecular flexibility index (Phi) is 5.41. The molecule has 2 aromatic heterocycles. The summed E-state index contributed by atoms with van der Waals surface area (Å²) in [5.41, 5.74) is 1.47. The Labute approximate surface area is 177 Å². The molecule has 4 aromatic rings. The summed E-state index contributed by atoms with van der Waals surface area (Å²) in [7, 11) is -3.84. The number of tetrazole rings is 1. The Balaban J connectivity index is 1.50. The predicted octanol–water partition coefficient (Wildman–Crippen LogP) is 2.16. The Bertz CT molecular complexity index is 1340. The van der Waals surface area contributed by atoms with Crippen LogP contribution in [0.15, 0.2) is 78.0 Å². The van der Waals surface area contributed by atoms with Gasteiger partial charge >= 0.3 is 0 Å².